The number of alkyl halides is 1. The molecule has 0 aliphatic heterocycles. The zero-order valence-electron chi connectivity index (χ0n) is 37.4. The summed E-state index contributed by atoms with van der Waals surface area (Å²) in [6.07, 6.45) is 41.8. The van der Waals surface area contributed by atoms with E-state index in [0.29, 0.717) is 13.2 Å². The van der Waals surface area contributed by atoms with Crippen LogP contribution in [0.3, 0.4) is 0 Å². The molecule has 0 radical (unpaired) electrons. The van der Waals surface area contributed by atoms with Crippen LogP contribution in [0.4, 0.5) is 0 Å². The quantitative estimate of drug-likeness (QED) is 0.0214. The van der Waals surface area contributed by atoms with E-state index in [9.17, 15) is 9.59 Å². The Balaban J connectivity index is 0. The van der Waals surface area contributed by atoms with Crippen molar-refractivity contribution in [3.63, 3.8) is 0 Å². The van der Waals surface area contributed by atoms with Crippen LogP contribution in [0.1, 0.15) is 194 Å². The Morgan fingerprint density at radius 3 is 1.10 bits per heavy atom. The number of unbranched alkanes of at least 4 members (excludes halogenated alkanes) is 26. The average Bonchev–Trinajstić information content (AvgIpc) is 3.22. The lowest BCUT2D eigenvalue weighted by Gasteiger charge is -2.08. The average molecular weight is 946 g/mol. The van der Waals surface area contributed by atoms with Gasteiger partial charge in [-0.05, 0) is 24.0 Å². The van der Waals surface area contributed by atoms with E-state index in [-0.39, 0.29) is 54.0 Å². The fourth-order valence-electron chi connectivity index (χ4n) is 6.45. The highest BCUT2D eigenvalue weighted by molar-refractivity contribution is 9.09. The van der Waals surface area contributed by atoms with E-state index >= 15 is 0 Å². The smallest absolute Gasteiger partial charge is 0.372 e. The zero-order valence-corrected chi connectivity index (χ0v) is 40.6. The number of aromatic nitrogens is 1. The lowest BCUT2D eigenvalue weighted by atomic mass is 10.0. The van der Waals surface area contributed by atoms with Crippen molar-refractivity contribution in [2.24, 2.45) is 0 Å². The number of hydrogen-bond donors (Lipinski definition) is 0. The van der Waals surface area contributed by atoms with Crippen molar-refractivity contribution < 1.29 is 50.1 Å². The number of halogens is 2. The Morgan fingerprint density at radius 2 is 0.776 bits per heavy atom. The predicted octanol–water partition coefficient (Wildman–Crippen LogP) is 10.6. The van der Waals surface area contributed by atoms with Gasteiger partial charge in [0, 0.05) is 25.3 Å². The molecule has 0 atom stereocenters. The molecule has 0 aromatic carbocycles. The van der Waals surface area contributed by atoms with Crippen molar-refractivity contribution in [3.05, 3.63) is 54.9 Å². The van der Waals surface area contributed by atoms with E-state index in [1.165, 1.54) is 167 Å². The fourth-order valence-corrected chi connectivity index (χ4v) is 6.61. The van der Waals surface area contributed by atoms with Crippen molar-refractivity contribution in [3.8, 4) is 0 Å². The summed E-state index contributed by atoms with van der Waals surface area (Å²) in [5.41, 5.74) is 1.61. The number of carbonyl (C=O) groups excluding carboxylic acids is 2. The Morgan fingerprint density at radius 1 is 0.466 bits per heavy atom. The monoisotopic (exact) mass is 943 g/mol. The van der Waals surface area contributed by atoms with Gasteiger partial charge in [-0.1, -0.05) is 216 Å². The van der Waals surface area contributed by atoms with E-state index in [2.05, 4.69) is 42.9 Å². The first kappa shape index (κ1) is 58.5. The molecule has 1 aromatic rings. The molecule has 0 amide bonds. The minimum Gasteiger partial charge on any atom is -1.00 e. The van der Waals surface area contributed by atoms with Gasteiger partial charge in [-0.25, -0.2) is 4.79 Å². The van der Waals surface area contributed by atoms with Gasteiger partial charge in [-0.2, -0.15) is 4.57 Å². The van der Waals surface area contributed by atoms with Gasteiger partial charge in [-0.15, -0.1) is 0 Å². The molecule has 0 saturated heterocycles. The Bertz CT molecular complexity index is 1060. The van der Waals surface area contributed by atoms with Crippen molar-refractivity contribution in [2.45, 2.75) is 200 Å². The maximum absolute atomic E-state index is 11.8. The summed E-state index contributed by atoms with van der Waals surface area (Å²) in [6.45, 7) is 15.5. The summed E-state index contributed by atoms with van der Waals surface area (Å²) >= 11 is 3.05. The number of hydrogen-bond acceptors (Lipinski definition) is 6. The first-order valence-electron chi connectivity index (χ1n) is 23.2. The van der Waals surface area contributed by atoms with E-state index in [0.717, 1.165) is 37.2 Å². The molecule has 7 nitrogen and oxygen atoms in total. The molecule has 9 heteroatoms. The molecule has 0 saturated carbocycles. The normalized spacial score (nSPS) is 10.7. The Labute approximate surface area is 376 Å². The van der Waals surface area contributed by atoms with Crippen molar-refractivity contribution in [1.29, 1.82) is 0 Å². The predicted molar refractivity (Wildman–Crippen MR) is 243 cm³/mol. The van der Waals surface area contributed by atoms with Gasteiger partial charge in [0.25, 0.3) is 0 Å². The molecule has 0 N–H and O–H groups in total. The van der Waals surface area contributed by atoms with Crippen molar-refractivity contribution in [1.82, 2.24) is 0 Å². The Kier molecular flexibility index (Phi) is 48.6. The third-order valence-electron chi connectivity index (χ3n) is 9.97. The molecule has 0 unspecified atom stereocenters. The van der Waals surface area contributed by atoms with Gasteiger partial charge in [0.2, 0.25) is 6.54 Å². The molecule has 1 heterocycles. The van der Waals surface area contributed by atoms with Crippen LogP contribution in [0.25, 0.3) is 0 Å². The van der Waals surface area contributed by atoms with Crippen molar-refractivity contribution >= 4 is 27.9 Å². The number of rotatable bonds is 41. The van der Waals surface area contributed by atoms with Crippen LogP contribution in [-0.4, -0.2) is 56.9 Å². The zero-order chi connectivity index (χ0) is 41.7. The SMILES string of the molecule is C=C(COCCCCCCCCCCCCCCCC)COC(=O)CBr.C=C(COCCCCCCCCCCCCCCCC)COC(=O)C[n+]1ccccc1.[Br-]. The highest BCUT2D eigenvalue weighted by Gasteiger charge is 2.10. The molecule has 58 heavy (non-hydrogen) atoms. The van der Waals surface area contributed by atoms with E-state index in [4.69, 9.17) is 18.9 Å². The second-order valence-electron chi connectivity index (χ2n) is 15.8. The lowest BCUT2D eigenvalue weighted by Crippen LogP contribution is -3.00. The number of nitrogens with zero attached hydrogens (tertiary/aromatic N) is 1. The summed E-state index contributed by atoms with van der Waals surface area (Å²) in [4.78, 5) is 22.8. The maximum Gasteiger partial charge on any atom is 0.372 e. The second kappa shape index (κ2) is 48.1. The van der Waals surface area contributed by atoms with Crippen LogP contribution >= 0.6 is 15.9 Å². The van der Waals surface area contributed by atoms with E-state index in [1.807, 2.05) is 30.6 Å². The van der Waals surface area contributed by atoms with Crippen LogP contribution in [0, 0.1) is 0 Å². The summed E-state index contributed by atoms with van der Waals surface area (Å²) < 4.78 is 23.2. The number of esters is 2. The molecule has 0 bridgehead atoms. The van der Waals surface area contributed by atoms with Gasteiger partial charge in [0.1, 0.15) is 18.5 Å². The topological polar surface area (TPSA) is 74.9 Å². The molecule has 0 aliphatic carbocycles. The van der Waals surface area contributed by atoms with E-state index < -0.39 is 0 Å². The molecule has 1 aromatic heterocycles. The highest BCUT2D eigenvalue weighted by Crippen LogP contribution is 2.14. The van der Waals surface area contributed by atoms with E-state index in [1.54, 1.807) is 4.57 Å². The molecular formula is C49H87Br2NO6. The highest BCUT2D eigenvalue weighted by atomic mass is 79.9. The van der Waals surface area contributed by atoms with Crippen LogP contribution in [0.5, 0.6) is 0 Å². The minimum atomic E-state index is -0.266. The molecule has 0 fully saturated rings. The van der Waals surface area contributed by atoms with Gasteiger partial charge in [-0.3, -0.25) is 4.79 Å². The Hall–Kier alpha value is -1.55. The third kappa shape index (κ3) is 45.5. The minimum absolute atomic E-state index is 0. The number of ether oxygens (including phenoxy) is 4. The van der Waals surface area contributed by atoms with Crippen LogP contribution in [-0.2, 0) is 35.1 Å². The number of carbonyl (C=O) groups is 2. The first-order valence-corrected chi connectivity index (χ1v) is 24.3. The van der Waals surface area contributed by atoms with Crippen molar-refractivity contribution in [2.75, 3.05) is 45.0 Å². The lowest BCUT2D eigenvalue weighted by molar-refractivity contribution is -0.686. The largest absolute Gasteiger partial charge is 1.00 e. The van der Waals surface area contributed by atoms with Gasteiger partial charge >= 0.3 is 11.9 Å². The third-order valence-corrected chi connectivity index (χ3v) is 10.4. The standard InChI is InChI=1S/C27H46NO3.C22H41BrO3.BrH/c1-3-4-5-6-7-8-9-10-11-12-13-14-15-19-22-30-24-26(2)25-31-27(29)23-28-20-17-16-18-21-28;1-3-4-5-6-7-8-9-10-11-12-13-14-15-16-17-25-19-21(2)20-26-22(24)18-23;/h16-18,20-21H,2-15,19,22-25H2,1H3;2-20H2,1H3;1H/q+1;;/p-1. The van der Waals surface area contributed by atoms with Crippen LogP contribution in [0.15, 0.2) is 54.9 Å². The first-order chi connectivity index (χ1) is 27.9. The fraction of sp³-hybridized carbons (Fsp3) is 0.776. The van der Waals surface area contributed by atoms with Gasteiger partial charge < -0.3 is 35.9 Å². The maximum atomic E-state index is 11.8. The number of pyridine rings is 1. The summed E-state index contributed by atoms with van der Waals surface area (Å²) in [5, 5.41) is 0.222. The van der Waals surface area contributed by atoms with Gasteiger partial charge in [0.15, 0.2) is 12.4 Å². The second-order valence-corrected chi connectivity index (χ2v) is 16.4. The van der Waals surface area contributed by atoms with Gasteiger partial charge in [0.05, 0.1) is 13.2 Å². The molecule has 0 aliphatic rings. The summed E-state index contributed by atoms with van der Waals surface area (Å²) in [6, 6.07) is 5.69. The summed E-state index contributed by atoms with van der Waals surface area (Å²) in [5.74, 6) is -0.526. The summed E-state index contributed by atoms with van der Waals surface area (Å²) in [7, 11) is 0. The molecule has 338 valence electrons. The molecular weight excluding hydrogens is 858 g/mol. The molecule has 0 spiro atoms. The van der Waals surface area contributed by atoms with Crippen LogP contribution in [0.2, 0.25) is 0 Å². The van der Waals surface area contributed by atoms with Crippen LogP contribution < -0.4 is 21.5 Å². The molecule has 1 rings (SSSR count).